The van der Waals surface area contributed by atoms with Crippen LogP contribution in [0.1, 0.15) is 12.0 Å². The van der Waals surface area contributed by atoms with Gasteiger partial charge in [-0.15, -0.1) is 0 Å². The Balaban J connectivity index is 2.19. The summed E-state index contributed by atoms with van der Waals surface area (Å²) >= 11 is 0. The van der Waals surface area contributed by atoms with Crippen LogP contribution in [-0.2, 0) is 9.59 Å². The zero-order chi connectivity index (χ0) is 12.6. The normalized spacial score (nSPS) is 19.9. The van der Waals surface area contributed by atoms with Gasteiger partial charge in [-0.2, -0.15) is 4.98 Å². The van der Waals surface area contributed by atoms with Crippen LogP contribution in [0.25, 0.3) is 0 Å². The molecule has 3 N–H and O–H groups in total. The van der Waals surface area contributed by atoms with Gasteiger partial charge in [-0.3, -0.25) is 14.5 Å². The van der Waals surface area contributed by atoms with Crippen LogP contribution in [0.15, 0.2) is 6.20 Å². The van der Waals surface area contributed by atoms with Crippen LogP contribution in [0.4, 0.5) is 11.8 Å². The summed E-state index contributed by atoms with van der Waals surface area (Å²) in [5, 5.41) is 2.92. The van der Waals surface area contributed by atoms with E-state index in [4.69, 9.17) is 5.73 Å². The first-order chi connectivity index (χ1) is 7.99. The molecule has 2 rings (SSSR count). The first kappa shape index (κ1) is 11.3. The van der Waals surface area contributed by atoms with Crippen molar-refractivity contribution in [3.05, 3.63) is 11.8 Å². The maximum Gasteiger partial charge on any atom is 0.251 e. The van der Waals surface area contributed by atoms with Gasteiger partial charge in [0.1, 0.15) is 11.9 Å². The molecule has 0 saturated carbocycles. The molecular weight excluding hydrogens is 222 g/mol. The van der Waals surface area contributed by atoms with Crippen LogP contribution >= 0.6 is 0 Å². The lowest BCUT2D eigenvalue weighted by Crippen LogP contribution is -2.32. The van der Waals surface area contributed by atoms with E-state index >= 15 is 0 Å². The second-order valence-electron chi connectivity index (χ2n) is 3.95. The molecule has 0 bridgehead atoms. The van der Waals surface area contributed by atoms with Gasteiger partial charge in [0.05, 0.1) is 6.42 Å². The number of amides is 2. The van der Waals surface area contributed by atoms with Gasteiger partial charge in [-0.1, -0.05) is 0 Å². The molecule has 7 heteroatoms. The quantitative estimate of drug-likeness (QED) is 0.672. The third-order valence-electron chi connectivity index (χ3n) is 2.68. The number of anilines is 2. The van der Waals surface area contributed by atoms with Crippen LogP contribution in [0.5, 0.6) is 0 Å². The van der Waals surface area contributed by atoms with Gasteiger partial charge in [0.15, 0.2) is 0 Å². The highest BCUT2D eigenvalue weighted by atomic mass is 16.2. The molecule has 0 spiro atoms. The van der Waals surface area contributed by atoms with Crippen molar-refractivity contribution in [2.24, 2.45) is 0 Å². The van der Waals surface area contributed by atoms with Crippen LogP contribution in [0, 0.1) is 6.92 Å². The Hall–Kier alpha value is -2.18. The maximum atomic E-state index is 11.7. The van der Waals surface area contributed by atoms with E-state index in [0.29, 0.717) is 5.82 Å². The van der Waals surface area contributed by atoms with E-state index in [0.717, 1.165) is 10.5 Å². The van der Waals surface area contributed by atoms with Crippen LogP contribution in [-0.4, -0.2) is 39.8 Å². The molecule has 1 saturated heterocycles. The summed E-state index contributed by atoms with van der Waals surface area (Å²) in [5.74, 6) is 0.154. The van der Waals surface area contributed by atoms with Crippen molar-refractivity contribution in [2.75, 3.05) is 18.1 Å². The fraction of sp³-hybridized carbons (Fsp3) is 0.400. The van der Waals surface area contributed by atoms with E-state index in [9.17, 15) is 9.59 Å². The fourth-order valence-electron chi connectivity index (χ4n) is 1.64. The predicted octanol–water partition coefficient (Wildman–Crippen LogP) is -0.464. The Bertz CT molecular complexity index is 488. The Labute approximate surface area is 98.0 Å². The number of hydrogen-bond donors (Lipinski definition) is 2. The molecule has 1 aromatic rings. The van der Waals surface area contributed by atoms with E-state index in [2.05, 4.69) is 15.3 Å². The molecule has 0 aromatic carbocycles. The molecule has 90 valence electrons. The molecule has 2 heterocycles. The molecule has 1 unspecified atom stereocenters. The number of carbonyl (C=O) groups excluding carboxylic acids is 2. The van der Waals surface area contributed by atoms with Gasteiger partial charge in [0.2, 0.25) is 11.9 Å². The zero-order valence-electron chi connectivity index (χ0n) is 9.60. The van der Waals surface area contributed by atoms with Crippen molar-refractivity contribution < 1.29 is 9.59 Å². The lowest BCUT2D eigenvalue weighted by atomic mass is 10.2. The lowest BCUT2D eigenvalue weighted by Gasteiger charge is -2.13. The number of aromatic nitrogens is 2. The topological polar surface area (TPSA) is 101 Å². The van der Waals surface area contributed by atoms with Gasteiger partial charge in [0.25, 0.3) is 5.91 Å². The molecule has 0 radical (unpaired) electrons. The second-order valence-corrected chi connectivity index (χ2v) is 3.95. The Morgan fingerprint density at radius 3 is 2.82 bits per heavy atom. The van der Waals surface area contributed by atoms with Crippen molar-refractivity contribution in [3.8, 4) is 0 Å². The average Bonchev–Trinajstić information content (AvgIpc) is 2.52. The van der Waals surface area contributed by atoms with Crippen LogP contribution in [0.2, 0.25) is 0 Å². The maximum absolute atomic E-state index is 11.7. The van der Waals surface area contributed by atoms with Gasteiger partial charge in [-0.25, -0.2) is 4.98 Å². The number of likely N-dealkylation sites (tertiary alicyclic amines) is 1. The number of likely N-dealkylation sites (N-methyl/N-ethyl adjacent to an activating group) is 1. The van der Waals surface area contributed by atoms with E-state index < -0.39 is 6.04 Å². The summed E-state index contributed by atoms with van der Waals surface area (Å²) in [7, 11) is 1.47. The molecular formula is C10H13N5O2. The third-order valence-corrected chi connectivity index (χ3v) is 2.68. The number of aryl methyl sites for hydroxylation is 1. The molecule has 17 heavy (non-hydrogen) atoms. The number of nitrogens with one attached hydrogen (secondary N) is 1. The number of carbonyl (C=O) groups is 2. The molecule has 0 aliphatic carbocycles. The van der Waals surface area contributed by atoms with Gasteiger partial charge in [-0.05, 0) is 6.92 Å². The molecule has 2 amide bonds. The summed E-state index contributed by atoms with van der Waals surface area (Å²) in [6.45, 7) is 1.80. The monoisotopic (exact) mass is 235 g/mol. The van der Waals surface area contributed by atoms with Crippen molar-refractivity contribution in [2.45, 2.75) is 19.4 Å². The molecule has 1 aliphatic rings. The second kappa shape index (κ2) is 4.00. The first-order valence-electron chi connectivity index (χ1n) is 5.15. The first-order valence-corrected chi connectivity index (χ1v) is 5.15. The van der Waals surface area contributed by atoms with Crippen molar-refractivity contribution in [1.82, 2.24) is 14.9 Å². The summed E-state index contributed by atoms with van der Waals surface area (Å²) in [6, 6.07) is -0.569. The van der Waals surface area contributed by atoms with E-state index in [1.54, 1.807) is 13.1 Å². The van der Waals surface area contributed by atoms with E-state index in [1.165, 1.54) is 7.05 Å². The Kier molecular flexibility index (Phi) is 2.66. The molecule has 1 fully saturated rings. The minimum absolute atomic E-state index is 0.128. The highest BCUT2D eigenvalue weighted by Crippen LogP contribution is 2.18. The van der Waals surface area contributed by atoms with Crippen LogP contribution in [0.3, 0.4) is 0 Å². The van der Waals surface area contributed by atoms with Gasteiger partial charge < -0.3 is 11.1 Å². The van der Waals surface area contributed by atoms with Crippen molar-refractivity contribution >= 4 is 23.6 Å². The molecule has 1 aliphatic heterocycles. The minimum atomic E-state index is -0.569. The summed E-state index contributed by atoms with van der Waals surface area (Å²) in [6.07, 6.45) is 1.70. The molecule has 1 atom stereocenters. The summed E-state index contributed by atoms with van der Waals surface area (Å²) in [4.78, 5) is 32.0. The highest BCUT2D eigenvalue weighted by molar-refractivity contribution is 6.06. The SMILES string of the molecule is Cc1cnc(N)nc1NC1CC(=O)N(C)C1=O. The van der Waals surface area contributed by atoms with E-state index in [-0.39, 0.29) is 24.2 Å². The number of nitrogens with two attached hydrogens (primary N) is 1. The summed E-state index contributed by atoms with van der Waals surface area (Å²) < 4.78 is 0. The van der Waals surface area contributed by atoms with Crippen LogP contribution < -0.4 is 11.1 Å². The number of rotatable bonds is 2. The average molecular weight is 235 g/mol. The summed E-state index contributed by atoms with van der Waals surface area (Å²) in [5.41, 5.74) is 6.24. The third kappa shape index (κ3) is 2.03. The van der Waals surface area contributed by atoms with Gasteiger partial charge in [0, 0.05) is 18.8 Å². The number of nitrogen functional groups attached to an aromatic ring is 1. The number of nitrogens with zero attached hydrogens (tertiary/aromatic N) is 3. The standard InChI is InChI=1S/C10H13N5O2/c1-5-4-12-10(11)14-8(5)13-6-3-7(16)15(2)9(6)17/h4,6H,3H2,1-2H3,(H3,11,12,13,14). The Morgan fingerprint density at radius 1 is 1.53 bits per heavy atom. The molecule has 1 aromatic heterocycles. The smallest absolute Gasteiger partial charge is 0.251 e. The van der Waals surface area contributed by atoms with Crippen molar-refractivity contribution in [1.29, 1.82) is 0 Å². The number of imide groups is 1. The Morgan fingerprint density at radius 2 is 2.24 bits per heavy atom. The largest absolute Gasteiger partial charge is 0.368 e. The van der Waals surface area contributed by atoms with Gasteiger partial charge >= 0.3 is 0 Å². The lowest BCUT2D eigenvalue weighted by molar-refractivity contribution is -0.136. The molecule has 7 nitrogen and oxygen atoms in total. The number of hydrogen-bond acceptors (Lipinski definition) is 6. The van der Waals surface area contributed by atoms with E-state index in [1.807, 2.05) is 0 Å². The fourth-order valence-corrected chi connectivity index (χ4v) is 1.64. The zero-order valence-corrected chi connectivity index (χ0v) is 9.60. The van der Waals surface area contributed by atoms with Crippen molar-refractivity contribution in [3.63, 3.8) is 0 Å². The highest BCUT2D eigenvalue weighted by Gasteiger charge is 2.36. The minimum Gasteiger partial charge on any atom is -0.368 e. The predicted molar refractivity (Wildman–Crippen MR) is 61.0 cm³/mol.